The van der Waals surface area contributed by atoms with Crippen LogP contribution in [0.25, 0.3) is 0 Å². The summed E-state index contributed by atoms with van der Waals surface area (Å²) in [6.07, 6.45) is 0.931. The lowest BCUT2D eigenvalue weighted by atomic mass is 9.95. The standard InChI is InChI=1S/C15H26N2O/c1-4-14(16)15(17(5-2)10-11-18)13-8-6-12(3)7-9-13/h6-9,14-15,18H,4-5,10-11,16H2,1-3H3. The van der Waals surface area contributed by atoms with Gasteiger partial charge in [0.25, 0.3) is 0 Å². The summed E-state index contributed by atoms with van der Waals surface area (Å²) in [7, 11) is 0. The number of aliphatic hydroxyl groups is 1. The largest absolute Gasteiger partial charge is 0.395 e. The number of rotatable bonds is 7. The lowest BCUT2D eigenvalue weighted by molar-refractivity contribution is 0.138. The second-order valence-corrected chi connectivity index (χ2v) is 4.78. The van der Waals surface area contributed by atoms with Crippen molar-refractivity contribution in [1.82, 2.24) is 4.90 Å². The van der Waals surface area contributed by atoms with Crippen LogP contribution in [0.4, 0.5) is 0 Å². The Hall–Kier alpha value is -0.900. The molecule has 102 valence electrons. The number of nitrogens with zero attached hydrogens (tertiary/aromatic N) is 1. The third-order valence-corrected chi connectivity index (χ3v) is 3.48. The first-order valence-electron chi connectivity index (χ1n) is 6.81. The molecule has 1 rings (SSSR count). The first-order valence-corrected chi connectivity index (χ1v) is 6.81. The van der Waals surface area contributed by atoms with Gasteiger partial charge in [0.15, 0.2) is 0 Å². The SMILES string of the molecule is CCC(N)C(c1ccc(C)cc1)N(CC)CCO. The molecule has 3 N–H and O–H groups in total. The van der Waals surface area contributed by atoms with Crippen molar-refractivity contribution in [1.29, 1.82) is 0 Å². The zero-order valence-corrected chi connectivity index (χ0v) is 11.8. The molecule has 0 fully saturated rings. The van der Waals surface area contributed by atoms with E-state index in [0.717, 1.165) is 13.0 Å². The predicted molar refractivity (Wildman–Crippen MR) is 76.5 cm³/mol. The van der Waals surface area contributed by atoms with Gasteiger partial charge in [0.05, 0.1) is 6.61 Å². The number of likely N-dealkylation sites (N-methyl/N-ethyl adjacent to an activating group) is 1. The molecule has 0 saturated heterocycles. The Labute approximate surface area is 111 Å². The highest BCUT2D eigenvalue weighted by molar-refractivity contribution is 5.25. The molecule has 0 amide bonds. The van der Waals surface area contributed by atoms with Crippen molar-refractivity contribution >= 4 is 0 Å². The fraction of sp³-hybridized carbons (Fsp3) is 0.600. The summed E-state index contributed by atoms with van der Waals surface area (Å²) in [5, 5.41) is 9.18. The van der Waals surface area contributed by atoms with Crippen LogP contribution in [-0.4, -0.2) is 35.7 Å². The molecule has 0 aliphatic carbocycles. The third kappa shape index (κ3) is 3.80. The van der Waals surface area contributed by atoms with Crippen molar-refractivity contribution in [2.45, 2.75) is 39.3 Å². The minimum atomic E-state index is 0.0965. The van der Waals surface area contributed by atoms with Crippen molar-refractivity contribution in [2.24, 2.45) is 5.73 Å². The first kappa shape index (κ1) is 15.2. The topological polar surface area (TPSA) is 49.5 Å². The lowest BCUT2D eigenvalue weighted by Gasteiger charge is -2.34. The molecule has 2 unspecified atom stereocenters. The van der Waals surface area contributed by atoms with Gasteiger partial charge in [-0.3, -0.25) is 4.90 Å². The first-order chi connectivity index (χ1) is 8.63. The maximum Gasteiger partial charge on any atom is 0.0558 e. The zero-order chi connectivity index (χ0) is 13.5. The van der Waals surface area contributed by atoms with E-state index in [0.29, 0.717) is 6.54 Å². The van der Waals surface area contributed by atoms with Gasteiger partial charge in [-0.05, 0) is 25.5 Å². The van der Waals surface area contributed by atoms with E-state index in [1.54, 1.807) is 0 Å². The van der Waals surface area contributed by atoms with Crippen molar-refractivity contribution < 1.29 is 5.11 Å². The van der Waals surface area contributed by atoms with Gasteiger partial charge >= 0.3 is 0 Å². The minimum absolute atomic E-state index is 0.0965. The Morgan fingerprint density at radius 3 is 2.28 bits per heavy atom. The van der Waals surface area contributed by atoms with Crippen LogP contribution in [-0.2, 0) is 0 Å². The predicted octanol–water partition coefficient (Wildman–Crippen LogP) is 2.09. The van der Waals surface area contributed by atoms with E-state index in [4.69, 9.17) is 5.73 Å². The molecule has 3 nitrogen and oxygen atoms in total. The van der Waals surface area contributed by atoms with Crippen molar-refractivity contribution in [2.75, 3.05) is 19.7 Å². The molecule has 0 heterocycles. The molecule has 0 aliphatic rings. The van der Waals surface area contributed by atoms with Crippen LogP contribution in [0.3, 0.4) is 0 Å². The van der Waals surface area contributed by atoms with E-state index in [2.05, 4.69) is 49.9 Å². The van der Waals surface area contributed by atoms with Gasteiger partial charge in [-0.25, -0.2) is 0 Å². The van der Waals surface area contributed by atoms with Crippen LogP contribution in [0, 0.1) is 6.92 Å². The fourth-order valence-corrected chi connectivity index (χ4v) is 2.34. The van der Waals surface area contributed by atoms with Crippen LogP contribution < -0.4 is 5.73 Å². The van der Waals surface area contributed by atoms with Gasteiger partial charge in [-0.2, -0.15) is 0 Å². The fourth-order valence-electron chi connectivity index (χ4n) is 2.34. The maximum absolute atomic E-state index is 9.18. The molecule has 0 radical (unpaired) electrons. The van der Waals surface area contributed by atoms with E-state index in [1.165, 1.54) is 11.1 Å². The number of aryl methyl sites for hydroxylation is 1. The molecule has 18 heavy (non-hydrogen) atoms. The Balaban J connectivity index is 2.99. The maximum atomic E-state index is 9.18. The Morgan fingerprint density at radius 2 is 1.83 bits per heavy atom. The number of hydrogen-bond donors (Lipinski definition) is 2. The van der Waals surface area contributed by atoms with Crippen LogP contribution in [0.1, 0.15) is 37.4 Å². The van der Waals surface area contributed by atoms with E-state index in [-0.39, 0.29) is 18.7 Å². The van der Waals surface area contributed by atoms with Crippen molar-refractivity contribution in [3.63, 3.8) is 0 Å². The zero-order valence-electron chi connectivity index (χ0n) is 11.8. The second kappa shape index (κ2) is 7.52. The summed E-state index contributed by atoms with van der Waals surface area (Å²) in [5.41, 5.74) is 8.77. The monoisotopic (exact) mass is 250 g/mol. The minimum Gasteiger partial charge on any atom is -0.395 e. The number of hydrogen-bond acceptors (Lipinski definition) is 3. The number of aliphatic hydroxyl groups excluding tert-OH is 1. The summed E-state index contributed by atoms with van der Waals surface area (Å²) in [6.45, 7) is 8.05. The molecule has 0 aliphatic heterocycles. The molecular weight excluding hydrogens is 224 g/mol. The smallest absolute Gasteiger partial charge is 0.0558 e. The van der Waals surface area contributed by atoms with E-state index >= 15 is 0 Å². The van der Waals surface area contributed by atoms with Gasteiger partial charge in [-0.1, -0.05) is 43.7 Å². The highest BCUT2D eigenvalue weighted by atomic mass is 16.3. The molecule has 1 aromatic rings. The van der Waals surface area contributed by atoms with E-state index in [1.807, 2.05) is 0 Å². The average molecular weight is 250 g/mol. The summed E-state index contributed by atoms with van der Waals surface area (Å²) >= 11 is 0. The van der Waals surface area contributed by atoms with Gasteiger partial charge in [-0.15, -0.1) is 0 Å². The molecular formula is C15H26N2O. The molecule has 0 saturated carbocycles. The third-order valence-electron chi connectivity index (χ3n) is 3.48. The van der Waals surface area contributed by atoms with Crippen LogP contribution >= 0.6 is 0 Å². The van der Waals surface area contributed by atoms with Gasteiger partial charge < -0.3 is 10.8 Å². The summed E-state index contributed by atoms with van der Waals surface area (Å²) in [6, 6.07) is 8.83. The quantitative estimate of drug-likeness (QED) is 0.779. The van der Waals surface area contributed by atoms with Crippen molar-refractivity contribution in [3.8, 4) is 0 Å². The molecule has 3 heteroatoms. The van der Waals surface area contributed by atoms with Gasteiger partial charge in [0.2, 0.25) is 0 Å². The highest BCUT2D eigenvalue weighted by Crippen LogP contribution is 2.25. The molecule has 2 atom stereocenters. The van der Waals surface area contributed by atoms with Crippen LogP contribution in [0.2, 0.25) is 0 Å². The van der Waals surface area contributed by atoms with E-state index in [9.17, 15) is 5.11 Å². The Kier molecular flexibility index (Phi) is 6.33. The van der Waals surface area contributed by atoms with Crippen LogP contribution in [0.15, 0.2) is 24.3 Å². The second-order valence-electron chi connectivity index (χ2n) is 4.78. The Bertz CT molecular complexity index is 337. The van der Waals surface area contributed by atoms with Gasteiger partial charge in [0.1, 0.15) is 0 Å². The molecule has 0 aromatic heterocycles. The van der Waals surface area contributed by atoms with Crippen molar-refractivity contribution in [3.05, 3.63) is 35.4 Å². The Morgan fingerprint density at radius 1 is 1.22 bits per heavy atom. The molecule has 0 bridgehead atoms. The number of nitrogens with two attached hydrogens (primary N) is 1. The van der Waals surface area contributed by atoms with Gasteiger partial charge in [0, 0.05) is 18.6 Å². The molecule has 1 aromatic carbocycles. The highest BCUT2D eigenvalue weighted by Gasteiger charge is 2.24. The van der Waals surface area contributed by atoms with Crippen LogP contribution in [0.5, 0.6) is 0 Å². The lowest BCUT2D eigenvalue weighted by Crippen LogP contribution is -2.42. The van der Waals surface area contributed by atoms with E-state index < -0.39 is 0 Å². The average Bonchev–Trinajstić information content (AvgIpc) is 2.39. The normalized spacial score (nSPS) is 14.8. The summed E-state index contributed by atoms with van der Waals surface area (Å²) < 4.78 is 0. The summed E-state index contributed by atoms with van der Waals surface area (Å²) in [5.74, 6) is 0. The number of benzene rings is 1. The summed E-state index contributed by atoms with van der Waals surface area (Å²) in [4.78, 5) is 2.25. The molecule has 0 spiro atoms.